The van der Waals surface area contributed by atoms with Crippen LogP contribution in [0.15, 0.2) is 23.1 Å². The van der Waals surface area contributed by atoms with Gasteiger partial charge in [0.2, 0.25) is 11.7 Å². The molecule has 20 heavy (non-hydrogen) atoms. The van der Waals surface area contributed by atoms with E-state index in [1.54, 1.807) is 6.20 Å². The highest BCUT2D eigenvalue weighted by molar-refractivity contribution is 5.21. The van der Waals surface area contributed by atoms with Gasteiger partial charge in [0.1, 0.15) is 6.26 Å². The molecule has 0 bridgehead atoms. The largest absolute Gasteiger partial charge is 0.451 e. The number of oxazole rings is 1. The van der Waals surface area contributed by atoms with Crippen molar-refractivity contribution < 1.29 is 17.6 Å². The van der Waals surface area contributed by atoms with Crippen LogP contribution in [0.4, 0.5) is 13.2 Å². The minimum atomic E-state index is -4.50. The molecule has 0 unspecified atom stereocenters. The van der Waals surface area contributed by atoms with Gasteiger partial charge in [-0.15, -0.1) is 0 Å². The van der Waals surface area contributed by atoms with Crippen molar-refractivity contribution in [1.29, 1.82) is 0 Å². The molecule has 0 saturated heterocycles. The quantitative estimate of drug-likeness (QED) is 0.844. The lowest BCUT2D eigenvalue weighted by Crippen LogP contribution is -2.31. The predicted molar refractivity (Wildman–Crippen MR) is 61.4 cm³/mol. The van der Waals surface area contributed by atoms with Crippen molar-refractivity contribution in [3.8, 4) is 0 Å². The third-order valence-electron chi connectivity index (χ3n) is 3.11. The average Bonchev–Trinajstić information content (AvgIpc) is 2.90. The standard InChI is InChI=1S/C12H11F3N4O/c13-12(14,15)11-17-5-8-6-19(3-1-9(8)18-11)7-10-16-2-4-20-10/h2,4-5H,1,3,6-7H2. The van der Waals surface area contributed by atoms with Crippen LogP contribution < -0.4 is 0 Å². The van der Waals surface area contributed by atoms with Crippen LogP contribution in [0.2, 0.25) is 0 Å². The van der Waals surface area contributed by atoms with Gasteiger partial charge in [0, 0.05) is 31.3 Å². The highest BCUT2D eigenvalue weighted by Gasteiger charge is 2.35. The predicted octanol–water partition coefficient (Wildman–Crippen LogP) is 2.04. The van der Waals surface area contributed by atoms with E-state index in [1.807, 2.05) is 4.90 Å². The van der Waals surface area contributed by atoms with E-state index in [4.69, 9.17) is 4.42 Å². The number of hydrogen-bond donors (Lipinski definition) is 0. The highest BCUT2D eigenvalue weighted by Crippen LogP contribution is 2.27. The first-order valence-electron chi connectivity index (χ1n) is 6.05. The van der Waals surface area contributed by atoms with E-state index in [0.717, 1.165) is 5.56 Å². The molecular weight excluding hydrogens is 273 g/mol. The van der Waals surface area contributed by atoms with E-state index in [2.05, 4.69) is 15.0 Å². The zero-order valence-corrected chi connectivity index (χ0v) is 10.4. The van der Waals surface area contributed by atoms with E-state index in [1.165, 1.54) is 12.5 Å². The van der Waals surface area contributed by atoms with E-state index >= 15 is 0 Å². The lowest BCUT2D eigenvalue weighted by atomic mass is 10.1. The molecule has 0 saturated carbocycles. The number of nitrogens with zero attached hydrogens (tertiary/aromatic N) is 4. The van der Waals surface area contributed by atoms with Crippen molar-refractivity contribution in [2.45, 2.75) is 25.7 Å². The Morgan fingerprint density at radius 1 is 1.30 bits per heavy atom. The lowest BCUT2D eigenvalue weighted by molar-refractivity contribution is -0.145. The first kappa shape index (κ1) is 13.0. The Labute approximate surface area is 112 Å². The Morgan fingerprint density at radius 3 is 2.85 bits per heavy atom. The summed E-state index contributed by atoms with van der Waals surface area (Å²) in [6, 6.07) is 0. The van der Waals surface area contributed by atoms with Gasteiger partial charge in [-0.2, -0.15) is 13.2 Å². The fraction of sp³-hybridized carbons (Fsp3) is 0.417. The molecule has 0 fully saturated rings. The molecule has 8 heteroatoms. The summed E-state index contributed by atoms with van der Waals surface area (Å²) in [6.07, 6.45) is 0.274. The zero-order valence-electron chi connectivity index (χ0n) is 10.4. The summed E-state index contributed by atoms with van der Waals surface area (Å²) in [7, 11) is 0. The topological polar surface area (TPSA) is 55.1 Å². The number of rotatable bonds is 2. The van der Waals surface area contributed by atoms with E-state index in [9.17, 15) is 13.2 Å². The van der Waals surface area contributed by atoms with Crippen LogP contribution in [0, 0.1) is 0 Å². The minimum Gasteiger partial charge on any atom is -0.448 e. The van der Waals surface area contributed by atoms with Gasteiger partial charge in [-0.25, -0.2) is 15.0 Å². The normalized spacial score (nSPS) is 16.1. The highest BCUT2D eigenvalue weighted by atomic mass is 19.4. The Hall–Kier alpha value is -1.96. The van der Waals surface area contributed by atoms with Crippen molar-refractivity contribution >= 4 is 0 Å². The number of hydrogen-bond acceptors (Lipinski definition) is 5. The summed E-state index contributed by atoms with van der Waals surface area (Å²) in [5.41, 5.74) is 1.19. The number of halogens is 3. The van der Waals surface area contributed by atoms with E-state index in [0.29, 0.717) is 37.6 Å². The molecule has 0 aliphatic carbocycles. The Bertz CT molecular complexity index is 597. The van der Waals surface area contributed by atoms with E-state index in [-0.39, 0.29) is 0 Å². The fourth-order valence-electron chi connectivity index (χ4n) is 2.17. The van der Waals surface area contributed by atoms with Crippen LogP contribution in [0.1, 0.15) is 23.0 Å². The molecule has 2 aromatic rings. The maximum absolute atomic E-state index is 12.5. The smallest absolute Gasteiger partial charge is 0.448 e. The van der Waals surface area contributed by atoms with Crippen LogP contribution in [0.5, 0.6) is 0 Å². The van der Waals surface area contributed by atoms with Gasteiger partial charge < -0.3 is 4.42 Å². The van der Waals surface area contributed by atoms with Crippen molar-refractivity contribution in [1.82, 2.24) is 19.9 Å². The van der Waals surface area contributed by atoms with Gasteiger partial charge in [-0.05, 0) is 0 Å². The Balaban J connectivity index is 1.75. The van der Waals surface area contributed by atoms with Crippen molar-refractivity contribution in [3.63, 3.8) is 0 Å². The molecule has 5 nitrogen and oxygen atoms in total. The average molecular weight is 284 g/mol. The SMILES string of the molecule is FC(F)(F)c1ncc2c(n1)CCN(Cc1ncco1)C2. The molecule has 1 aliphatic heterocycles. The van der Waals surface area contributed by atoms with Crippen molar-refractivity contribution in [2.75, 3.05) is 6.54 Å². The Morgan fingerprint density at radius 2 is 2.15 bits per heavy atom. The van der Waals surface area contributed by atoms with E-state index < -0.39 is 12.0 Å². The molecule has 3 heterocycles. The van der Waals surface area contributed by atoms with Crippen LogP contribution in [-0.2, 0) is 25.7 Å². The first-order chi connectivity index (χ1) is 9.52. The molecule has 0 aromatic carbocycles. The monoisotopic (exact) mass is 284 g/mol. The summed E-state index contributed by atoms with van der Waals surface area (Å²) in [4.78, 5) is 13.1. The second kappa shape index (κ2) is 4.86. The third-order valence-corrected chi connectivity index (χ3v) is 3.11. The maximum Gasteiger partial charge on any atom is 0.451 e. The molecule has 0 atom stereocenters. The number of fused-ring (bicyclic) bond motifs is 1. The molecule has 2 aromatic heterocycles. The van der Waals surface area contributed by atoms with Gasteiger partial charge in [0.15, 0.2) is 0 Å². The van der Waals surface area contributed by atoms with Crippen LogP contribution >= 0.6 is 0 Å². The summed E-state index contributed by atoms with van der Waals surface area (Å²) < 4.78 is 42.7. The summed E-state index contributed by atoms with van der Waals surface area (Å²) in [5.74, 6) is -0.487. The third kappa shape index (κ3) is 2.64. The first-order valence-corrected chi connectivity index (χ1v) is 6.05. The summed E-state index contributed by atoms with van der Waals surface area (Å²) in [6.45, 7) is 1.63. The number of aromatic nitrogens is 3. The lowest BCUT2D eigenvalue weighted by Gasteiger charge is -2.26. The second-order valence-electron chi connectivity index (χ2n) is 4.55. The molecular formula is C12H11F3N4O. The van der Waals surface area contributed by atoms with Crippen molar-refractivity contribution in [3.05, 3.63) is 41.6 Å². The molecule has 1 aliphatic rings. The molecule has 0 amide bonds. The van der Waals surface area contributed by atoms with Crippen LogP contribution in [-0.4, -0.2) is 26.4 Å². The van der Waals surface area contributed by atoms with Gasteiger partial charge >= 0.3 is 6.18 Å². The second-order valence-corrected chi connectivity index (χ2v) is 4.55. The number of alkyl halides is 3. The minimum absolute atomic E-state index is 0.460. The van der Waals surface area contributed by atoms with Crippen LogP contribution in [0.25, 0.3) is 0 Å². The molecule has 0 N–H and O–H groups in total. The maximum atomic E-state index is 12.5. The summed E-state index contributed by atoms with van der Waals surface area (Å²) in [5, 5.41) is 0. The van der Waals surface area contributed by atoms with Crippen LogP contribution in [0.3, 0.4) is 0 Å². The van der Waals surface area contributed by atoms with Crippen molar-refractivity contribution in [2.24, 2.45) is 0 Å². The van der Waals surface area contributed by atoms with Gasteiger partial charge in [-0.1, -0.05) is 0 Å². The molecule has 0 radical (unpaired) electrons. The fourth-order valence-corrected chi connectivity index (χ4v) is 2.17. The van der Waals surface area contributed by atoms with Gasteiger partial charge in [-0.3, -0.25) is 4.90 Å². The Kier molecular flexibility index (Phi) is 3.17. The molecule has 3 rings (SSSR count). The molecule has 0 spiro atoms. The molecule has 106 valence electrons. The summed E-state index contributed by atoms with van der Waals surface area (Å²) >= 11 is 0. The van der Waals surface area contributed by atoms with Gasteiger partial charge in [0.05, 0.1) is 18.4 Å². The zero-order chi connectivity index (χ0) is 14.2. The van der Waals surface area contributed by atoms with Gasteiger partial charge in [0.25, 0.3) is 0 Å².